The van der Waals surface area contributed by atoms with Gasteiger partial charge in [-0.25, -0.2) is 0 Å². The quantitative estimate of drug-likeness (QED) is 0.872. The number of carbonyl (C=O) groups excluding carboxylic acids is 1. The first-order valence-electron chi connectivity index (χ1n) is 5.69. The lowest BCUT2D eigenvalue weighted by Gasteiger charge is -2.18. The van der Waals surface area contributed by atoms with E-state index in [0.29, 0.717) is 18.0 Å². The smallest absolute Gasteiger partial charge is 0.164 e. The van der Waals surface area contributed by atoms with Crippen molar-refractivity contribution in [3.05, 3.63) is 29.8 Å². The third-order valence-corrected chi connectivity index (χ3v) is 3.26. The maximum atomic E-state index is 12.0. The molecular formula is C13H18BrNO2. The highest BCUT2D eigenvalue weighted by Gasteiger charge is 2.23. The molecule has 1 aliphatic rings. The van der Waals surface area contributed by atoms with Crippen LogP contribution < -0.4 is 0 Å². The second-order valence-electron chi connectivity index (χ2n) is 4.45. The lowest BCUT2D eigenvalue weighted by atomic mass is 10.0. The van der Waals surface area contributed by atoms with Gasteiger partial charge in [0, 0.05) is 18.0 Å². The first-order chi connectivity index (χ1) is 7.66. The number of hydrogen-bond donors (Lipinski definition) is 1. The molecule has 2 rings (SSSR count). The van der Waals surface area contributed by atoms with Crippen molar-refractivity contribution in [1.82, 2.24) is 4.90 Å². The van der Waals surface area contributed by atoms with E-state index in [1.165, 1.54) is 12.5 Å². The van der Waals surface area contributed by atoms with E-state index in [4.69, 9.17) is 0 Å². The minimum Gasteiger partial charge on any atom is -0.508 e. The standard InChI is InChI=1S/C13H17NO2.BrH/c1-14-7-3-5-11(14)9-13(16)10-4-2-6-12(15)8-10;/h2,4,6,8,11,15H,3,5,7,9H2,1H3;1H. The Kier molecular flexibility index (Phi) is 5.15. The number of ketones is 1. The van der Waals surface area contributed by atoms with Crippen LogP contribution in [0.3, 0.4) is 0 Å². The molecule has 17 heavy (non-hydrogen) atoms. The second kappa shape index (κ2) is 6.17. The molecule has 1 fully saturated rings. The van der Waals surface area contributed by atoms with Crippen LogP contribution in [-0.4, -0.2) is 35.4 Å². The number of benzene rings is 1. The molecule has 1 unspecified atom stereocenters. The summed E-state index contributed by atoms with van der Waals surface area (Å²) in [5, 5.41) is 9.31. The normalized spacial score (nSPS) is 19.9. The highest BCUT2D eigenvalue weighted by atomic mass is 79.9. The number of Topliss-reactive ketones (excluding diaryl/α,β-unsaturated/α-hetero) is 1. The Morgan fingerprint density at radius 2 is 2.29 bits per heavy atom. The summed E-state index contributed by atoms with van der Waals surface area (Å²) >= 11 is 0. The number of rotatable bonds is 3. The zero-order chi connectivity index (χ0) is 11.5. The summed E-state index contributed by atoms with van der Waals surface area (Å²) in [6.07, 6.45) is 2.83. The predicted molar refractivity (Wildman–Crippen MR) is 73.0 cm³/mol. The molecule has 0 aromatic heterocycles. The van der Waals surface area contributed by atoms with E-state index in [2.05, 4.69) is 11.9 Å². The molecule has 1 aliphatic heterocycles. The molecule has 1 N–H and O–H groups in total. The van der Waals surface area contributed by atoms with Gasteiger partial charge in [-0.05, 0) is 38.6 Å². The maximum Gasteiger partial charge on any atom is 0.164 e. The first kappa shape index (κ1) is 14.2. The van der Waals surface area contributed by atoms with Crippen LogP contribution in [0.4, 0.5) is 0 Å². The van der Waals surface area contributed by atoms with Gasteiger partial charge in [0.2, 0.25) is 0 Å². The van der Waals surface area contributed by atoms with Crippen molar-refractivity contribution in [3.63, 3.8) is 0 Å². The first-order valence-corrected chi connectivity index (χ1v) is 5.69. The fourth-order valence-corrected chi connectivity index (χ4v) is 2.25. The Morgan fingerprint density at radius 1 is 1.53 bits per heavy atom. The topological polar surface area (TPSA) is 40.5 Å². The number of aromatic hydroxyl groups is 1. The van der Waals surface area contributed by atoms with E-state index < -0.39 is 0 Å². The van der Waals surface area contributed by atoms with Gasteiger partial charge in [-0.1, -0.05) is 12.1 Å². The molecule has 0 aliphatic carbocycles. The molecule has 1 heterocycles. The third-order valence-electron chi connectivity index (χ3n) is 3.26. The molecule has 0 bridgehead atoms. The van der Waals surface area contributed by atoms with Crippen LogP contribution in [0.25, 0.3) is 0 Å². The van der Waals surface area contributed by atoms with Gasteiger partial charge in [-0.15, -0.1) is 17.0 Å². The van der Waals surface area contributed by atoms with Crippen molar-refractivity contribution in [2.75, 3.05) is 13.6 Å². The largest absolute Gasteiger partial charge is 0.508 e. The summed E-state index contributed by atoms with van der Waals surface area (Å²) in [6.45, 7) is 1.08. The van der Waals surface area contributed by atoms with E-state index in [-0.39, 0.29) is 28.5 Å². The van der Waals surface area contributed by atoms with Gasteiger partial charge in [0.1, 0.15) is 5.75 Å². The number of nitrogens with zero attached hydrogens (tertiary/aromatic N) is 1. The monoisotopic (exact) mass is 299 g/mol. The van der Waals surface area contributed by atoms with E-state index in [0.717, 1.165) is 13.0 Å². The molecule has 94 valence electrons. The Labute approximate surface area is 112 Å². The number of likely N-dealkylation sites (tertiary alicyclic amines) is 1. The van der Waals surface area contributed by atoms with Crippen LogP contribution >= 0.6 is 17.0 Å². The molecule has 0 amide bonds. The van der Waals surface area contributed by atoms with Crippen LogP contribution in [0, 0.1) is 0 Å². The fraction of sp³-hybridized carbons (Fsp3) is 0.462. The van der Waals surface area contributed by atoms with Crippen LogP contribution in [0.5, 0.6) is 5.75 Å². The van der Waals surface area contributed by atoms with Crippen molar-refractivity contribution in [1.29, 1.82) is 0 Å². The Balaban J connectivity index is 0.00000144. The lowest BCUT2D eigenvalue weighted by Crippen LogP contribution is -2.27. The minimum absolute atomic E-state index is 0. The predicted octanol–water partition coefficient (Wildman–Crippen LogP) is 2.64. The van der Waals surface area contributed by atoms with E-state index in [1.54, 1.807) is 18.2 Å². The summed E-state index contributed by atoms with van der Waals surface area (Å²) in [6, 6.07) is 6.96. The highest BCUT2D eigenvalue weighted by Crippen LogP contribution is 2.21. The number of halogens is 1. The number of carbonyl (C=O) groups is 1. The highest BCUT2D eigenvalue weighted by molar-refractivity contribution is 8.93. The average molecular weight is 300 g/mol. The van der Waals surface area contributed by atoms with Crippen LogP contribution in [0.15, 0.2) is 24.3 Å². The number of phenols is 1. The maximum absolute atomic E-state index is 12.0. The van der Waals surface area contributed by atoms with Gasteiger partial charge in [0.25, 0.3) is 0 Å². The van der Waals surface area contributed by atoms with Gasteiger partial charge < -0.3 is 10.0 Å². The van der Waals surface area contributed by atoms with Gasteiger partial charge in [-0.3, -0.25) is 4.79 Å². The molecular weight excluding hydrogens is 282 g/mol. The fourth-order valence-electron chi connectivity index (χ4n) is 2.25. The summed E-state index contributed by atoms with van der Waals surface area (Å²) in [7, 11) is 2.06. The minimum atomic E-state index is 0. The Morgan fingerprint density at radius 3 is 2.88 bits per heavy atom. The Bertz CT molecular complexity index is 395. The lowest BCUT2D eigenvalue weighted by molar-refractivity contribution is 0.0950. The van der Waals surface area contributed by atoms with Gasteiger partial charge in [0.15, 0.2) is 5.78 Å². The molecule has 3 nitrogen and oxygen atoms in total. The molecule has 1 atom stereocenters. The summed E-state index contributed by atoms with van der Waals surface area (Å²) in [4.78, 5) is 14.2. The molecule has 1 saturated heterocycles. The molecule has 1 aromatic rings. The summed E-state index contributed by atoms with van der Waals surface area (Å²) in [5.74, 6) is 0.278. The Hall–Kier alpha value is -0.870. The van der Waals surface area contributed by atoms with Crippen molar-refractivity contribution in [2.24, 2.45) is 0 Å². The van der Waals surface area contributed by atoms with Gasteiger partial charge in [-0.2, -0.15) is 0 Å². The molecule has 0 radical (unpaired) electrons. The molecule has 4 heteroatoms. The van der Waals surface area contributed by atoms with E-state index >= 15 is 0 Å². The van der Waals surface area contributed by atoms with Crippen LogP contribution in [0.2, 0.25) is 0 Å². The second-order valence-corrected chi connectivity index (χ2v) is 4.45. The number of phenolic OH excluding ortho intramolecular Hbond substituents is 1. The van der Waals surface area contributed by atoms with Gasteiger partial charge in [0.05, 0.1) is 0 Å². The van der Waals surface area contributed by atoms with Crippen molar-refractivity contribution in [3.8, 4) is 5.75 Å². The molecule has 1 aromatic carbocycles. The molecule has 0 spiro atoms. The van der Waals surface area contributed by atoms with E-state index in [1.807, 2.05) is 0 Å². The summed E-state index contributed by atoms with van der Waals surface area (Å²) in [5.41, 5.74) is 0.611. The average Bonchev–Trinajstić information content (AvgIpc) is 2.64. The third kappa shape index (κ3) is 3.54. The number of hydrogen-bond acceptors (Lipinski definition) is 3. The van der Waals surface area contributed by atoms with Crippen molar-refractivity contribution < 1.29 is 9.90 Å². The van der Waals surface area contributed by atoms with E-state index in [9.17, 15) is 9.90 Å². The van der Waals surface area contributed by atoms with Crippen molar-refractivity contribution in [2.45, 2.75) is 25.3 Å². The van der Waals surface area contributed by atoms with Crippen LogP contribution in [-0.2, 0) is 0 Å². The van der Waals surface area contributed by atoms with Crippen LogP contribution in [0.1, 0.15) is 29.6 Å². The van der Waals surface area contributed by atoms with Gasteiger partial charge >= 0.3 is 0 Å². The zero-order valence-corrected chi connectivity index (χ0v) is 11.6. The van der Waals surface area contributed by atoms with Crippen molar-refractivity contribution >= 4 is 22.8 Å². The summed E-state index contributed by atoms with van der Waals surface area (Å²) < 4.78 is 0. The molecule has 0 saturated carbocycles. The zero-order valence-electron chi connectivity index (χ0n) is 9.93. The SMILES string of the molecule is Br.CN1CCCC1CC(=O)c1cccc(O)c1.